The van der Waals surface area contributed by atoms with E-state index in [0.29, 0.717) is 6.04 Å². The van der Waals surface area contributed by atoms with E-state index in [0.717, 1.165) is 23.8 Å². The number of thiazole rings is 1. The lowest BCUT2D eigenvalue weighted by atomic mass is 10.3. The lowest BCUT2D eigenvalue weighted by Crippen LogP contribution is -2.30. The Bertz CT molecular complexity index is 294. The predicted octanol–water partition coefficient (Wildman–Crippen LogP) is 2.39. The summed E-state index contributed by atoms with van der Waals surface area (Å²) < 4.78 is 0. The third-order valence-corrected chi connectivity index (χ3v) is 3.56. The highest BCUT2D eigenvalue weighted by atomic mass is 32.1. The molecule has 0 aliphatic carbocycles. The molecule has 1 rings (SSSR count). The Balaban J connectivity index is 2.63. The van der Waals surface area contributed by atoms with Crippen molar-refractivity contribution in [2.45, 2.75) is 46.3 Å². The van der Waals surface area contributed by atoms with Crippen molar-refractivity contribution in [2.75, 3.05) is 6.54 Å². The molecule has 1 heterocycles. The number of nitrogens with zero attached hydrogens (tertiary/aromatic N) is 2. The Labute approximate surface area is 96.3 Å². The van der Waals surface area contributed by atoms with Gasteiger partial charge in [-0.05, 0) is 27.3 Å². The molecule has 1 unspecified atom stereocenters. The van der Waals surface area contributed by atoms with Crippen LogP contribution in [0.5, 0.6) is 0 Å². The van der Waals surface area contributed by atoms with Gasteiger partial charge in [-0.25, -0.2) is 4.98 Å². The van der Waals surface area contributed by atoms with Crippen molar-refractivity contribution < 1.29 is 0 Å². The van der Waals surface area contributed by atoms with E-state index in [1.54, 1.807) is 11.3 Å². The van der Waals surface area contributed by atoms with Gasteiger partial charge in [0.05, 0.1) is 11.7 Å². The molecule has 0 bridgehead atoms. The summed E-state index contributed by atoms with van der Waals surface area (Å²) in [6.45, 7) is 10.6. The Morgan fingerprint density at radius 3 is 2.53 bits per heavy atom. The summed E-state index contributed by atoms with van der Waals surface area (Å²) in [7, 11) is 0. The van der Waals surface area contributed by atoms with Crippen molar-refractivity contribution in [2.24, 2.45) is 5.73 Å². The van der Waals surface area contributed by atoms with Crippen molar-refractivity contribution in [1.29, 1.82) is 0 Å². The molecule has 1 aromatic rings. The average molecular weight is 227 g/mol. The number of aromatic nitrogens is 1. The summed E-state index contributed by atoms with van der Waals surface area (Å²) in [5, 5.41) is 3.15. The van der Waals surface area contributed by atoms with Gasteiger partial charge in [-0.2, -0.15) is 0 Å². The van der Waals surface area contributed by atoms with Gasteiger partial charge in [-0.3, -0.25) is 4.90 Å². The molecule has 0 amide bonds. The van der Waals surface area contributed by atoms with Crippen LogP contribution >= 0.6 is 11.3 Å². The summed E-state index contributed by atoms with van der Waals surface area (Å²) >= 11 is 1.66. The second-order valence-corrected chi connectivity index (χ2v) is 5.01. The lowest BCUT2D eigenvalue weighted by molar-refractivity contribution is 0.222. The molecule has 1 atom stereocenters. The van der Waals surface area contributed by atoms with Gasteiger partial charge in [0.1, 0.15) is 5.01 Å². The first-order valence-electron chi connectivity index (χ1n) is 5.48. The van der Waals surface area contributed by atoms with Gasteiger partial charge in [-0.1, -0.05) is 6.92 Å². The Morgan fingerprint density at radius 1 is 1.47 bits per heavy atom. The van der Waals surface area contributed by atoms with Gasteiger partial charge in [0.2, 0.25) is 0 Å². The van der Waals surface area contributed by atoms with Crippen LogP contribution < -0.4 is 5.73 Å². The molecule has 15 heavy (non-hydrogen) atoms. The summed E-state index contributed by atoms with van der Waals surface area (Å²) in [6.07, 6.45) is 0. The van der Waals surface area contributed by atoms with Gasteiger partial charge < -0.3 is 5.73 Å². The highest BCUT2D eigenvalue weighted by Gasteiger charge is 2.11. The van der Waals surface area contributed by atoms with Crippen LogP contribution in [0, 0.1) is 0 Å². The largest absolute Gasteiger partial charge is 0.322 e. The van der Waals surface area contributed by atoms with Crippen LogP contribution in [-0.2, 0) is 6.54 Å². The second kappa shape index (κ2) is 5.58. The maximum absolute atomic E-state index is 5.78. The highest BCUT2D eigenvalue weighted by molar-refractivity contribution is 7.09. The molecular weight excluding hydrogens is 206 g/mol. The van der Waals surface area contributed by atoms with E-state index in [1.807, 2.05) is 6.92 Å². The molecule has 3 nitrogen and oxygen atoms in total. The zero-order chi connectivity index (χ0) is 11.4. The fourth-order valence-electron chi connectivity index (χ4n) is 1.47. The van der Waals surface area contributed by atoms with Crippen molar-refractivity contribution in [3.8, 4) is 0 Å². The number of rotatable bonds is 5. The zero-order valence-corrected chi connectivity index (χ0v) is 10.8. The molecule has 86 valence electrons. The van der Waals surface area contributed by atoms with E-state index in [9.17, 15) is 0 Å². The minimum absolute atomic E-state index is 0.0536. The molecule has 0 fully saturated rings. The van der Waals surface area contributed by atoms with Crippen LogP contribution in [0.15, 0.2) is 5.38 Å². The van der Waals surface area contributed by atoms with Crippen LogP contribution in [-0.4, -0.2) is 22.5 Å². The smallest absolute Gasteiger partial charge is 0.109 e. The lowest BCUT2D eigenvalue weighted by Gasteiger charge is -2.23. The molecule has 0 aliphatic heterocycles. The van der Waals surface area contributed by atoms with Gasteiger partial charge in [0.25, 0.3) is 0 Å². The maximum Gasteiger partial charge on any atom is 0.109 e. The molecule has 0 saturated carbocycles. The minimum atomic E-state index is 0.0536. The quantitative estimate of drug-likeness (QED) is 0.840. The molecule has 0 radical (unpaired) electrons. The fraction of sp³-hybridized carbons (Fsp3) is 0.727. The Kier molecular flexibility index (Phi) is 4.70. The number of nitrogens with two attached hydrogens (primary N) is 1. The van der Waals surface area contributed by atoms with E-state index in [2.05, 4.69) is 36.0 Å². The van der Waals surface area contributed by atoms with Crippen LogP contribution in [0.1, 0.15) is 44.4 Å². The standard InChI is InChI=1S/C11H21N3S/c1-5-14(8(2)3)6-10-7-15-11(13-10)9(4)12/h7-9H,5-6,12H2,1-4H3. The molecule has 1 aromatic heterocycles. The Hall–Kier alpha value is -0.450. The number of hydrogen-bond donors (Lipinski definition) is 1. The predicted molar refractivity (Wildman–Crippen MR) is 65.9 cm³/mol. The van der Waals surface area contributed by atoms with Gasteiger partial charge in [0.15, 0.2) is 0 Å². The second-order valence-electron chi connectivity index (χ2n) is 4.12. The minimum Gasteiger partial charge on any atom is -0.322 e. The van der Waals surface area contributed by atoms with Gasteiger partial charge >= 0.3 is 0 Å². The van der Waals surface area contributed by atoms with E-state index in [-0.39, 0.29) is 6.04 Å². The SMILES string of the molecule is CCN(Cc1csc(C(C)N)n1)C(C)C. The van der Waals surface area contributed by atoms with Crippen LogP contribution in [0.25, 0.3) is 0 Å². The molecule has 0 aromatic carbocycles. The molecule has 0 spiro atoms. The number of hydrogen-bond acceptors (Lipinski definition) is 4. The van der Waals surface area contributed by atoms with E-state index < -0.39 is 0 Å². The van der Waals surface area contributed by atoms with E-state index >= 15 is 0 Å². The van der Waals surface area contributed by atoms with Gasteiger partial charge in [0, 0.05) is 18.0 Å². The molecule has 0 aliphatic rings. The molecule has 0 saturated heterocycles. The summed E-state index contributed by atoms with van der Waals surface area (Å²) in [5.41, 5.74) is 6.93. The van der Waals surface area contributed by atoms with Crippen molar-refractivity contribution in [1.82, 2.24) is 9.88 Å². The maximum atomic E-state index is 5.78. The van der Waals surface area contributed by atoms with Gasteiger partial charge in [-0.15, -0.1) is 11.3 Å². The third kappa shape index (κ3) is 3.55. The topological polar surface area (TPSA) is 42.1 Å². The average Bonchev–Trinajstić information content (AvgIpc) is 2.61. The van der Waals surface area contributed by atoms with E-state index in [4.69, 9.17) is 5.73 Å². The molecule has 2 N–H and O–H groups in total. The van der Waals surface area contributed by atoms with Crippen molar-refractivity contribution in [3.63, 3.8) is 0 Å². The first-order valence-corrected chi connectivity index (χ1v) is 6.36. The summed E-state index contributed by atoms with van der Waals surface area (Å²) in [6, 6.07) is 0.619. The summed E-state index contributed by atoms with van der Waals surface area (Å²) in [5.74, 6) is 0. The van der Waals surface area contributed by atoms with Crippen molar-refractivity contribution >= 4 is 11.3 Å². The Morgan fingerprint density at radius 2 is 2.13 bits per heavy atom. The van der Waals surface area contributed by atoms with Crippen LogP contribution in [0.4, 0.5) is 0 Å². The van der Waals surface area contributed by atoms with E-state index in [1.165, 1.54) is 0 Å². The third-order valence-electron chi connectivity index (χ3n) is 2.46. The normalized spacial score (nSPS) is 13.8. The molecular formula is C11H21N3S. The summed E-state index contributed by atoms with van der Waals surface area (Å²) in [4.78, 5) is 6.92. The van der Waals surface area contributed by atoms with Crippen LogP contribution in [0.3, 0.4) is 0 Å². The monoisotopic (exact) mass is 227 g/mol. The first kappa shape index (κ1) is 12.6. The van der Waals surface area contributed by atoms with Crippen LogP contribution in [0.2, 0.25) is 0 Å². The first-order chi connectivity index (χ1) is 7.04. The fourth-order valence-corrected chi connectivity index (χ4v) is 2.24. The zero-order valence-electron chi connectivity index (χ0n) is 10.0. The van der Waals surface area contributed by atoms with Crippen molar-refractivity contribution in [3.05, 3.63) is 16.1 Å². The molecule has 4 heteroatoms. The highest BCUT2D eigenvalue weighted by Crippen LogP contribution is 2.17.